The van der Waals surface area contributed by atoms with Gasteiger partial charge in [-0.05, 0) is 40.1 Å². The van der Waals surface area contributed by atoms with E-state index in [0.717, 1.165) is 16.3 Å². The summed E-state index contributed by atoms with van der Waals surface area (Å²) in [6.45, 7) is 0. The molecule has 0 bridgehead atoms. The molecule has 5 heteroatoms. The molecule has 2 amide bonds. The van der Waals surface area contributed by atoms with Gasteiger partial charge in [0.15, 0.2) is 0 Å². The van der Waals surface area contributed by atoms with Crippen LogP contribution in [0, 0.1) is 0 Å². The number of amides is 2. The lowest BCUT2D eigenvalue weighted by Gasteiger charge is -2.18. The molecule has 1 unspecified atom stereocenters. The molecule has 0 spiro atoms. The highest BCUT2D eigenvalue weighted by molar-refractivity contribution is 6.01. The second-order valence-electron chi connectivity index (χ2n) is 6.98. The van der Waals surface area contributed by atoms with E-state index in [0.29, 0.717) is 11.3 Å². The molecule has 0 saturated heterocycles. The van der Waals surface area contributed by atoms with E-state index >= 15 is 0 Å². The summed E-state index contributed by atoms with van der Waals surface area (Å²) in [6.07, 6.45) is 6.41. The predicted octanol–water partition coefficient (Wildman–Crippen LogP) is 4.74. The third-order valence-electron chi connectivity index (χ3n) is 4.87. The van der Waals surface area contributed by atoms with Gasteiger partial charge in [-0.3, -0.25) is 14.6 Å². The quantitative estimate of drug-likeness (QED) is 0.453. The molecule has 1 atom stereocenters. The summed E-state index contributed by atoms with van der Waals surface area (Å²) in [5.41, 5.74) is 2.24. The van der Waals surface area contributed by atoms with Gasteiger partial charge in [-0.15, -0.1) is 0 Å². The molecule has 5 nitrogen and oxygen atoms in total. The number of aromatic nitrogens is 1. The molecule has 0 aliphatic heterocycles. The number of fused-ring (bicyclic) bond motifs is 1. The maximum absolute atomic E-state index is 12.9. The van der Waals surface area contributed by atoms with Gasteiger partial charge in [0.2, 0.25) is 5.91 Å². The summed E-state index contributed by atoms with van der Waals surface area (Å²) in [7, 11) is 0. The molecule has 0 aliphatic carbocycles. The van der Waals surface area contributed by atoms with Gasteiger partial charge in [0, 0.05) is 24.2 Å². The van der Waals surface area contributed by atoms with Crippen molar-refractivity contribution in [2.45, 2.75) is 6.04 Å². The molecule has 1 aromatic heterocycles. The van der Waals surface area contributed by atoms with E-state index < -0.39 is 6.04 Å². The standard InChI is InChI=1S/C26H21N3O2/c30-24(14-13-20-11-6-10-19-7-4-5-12-23(19)20)29-25(21-8-2-1-3-9-21)26(31)28-22-15-17-27-18-16-22/h1-18,25H,(H,29,30)(H,27,28,31)/b14-13+. The van der Waals surface area contributed by atoms with Crippen LogP contribution in [0.15, 0.2) is 103 Å². The van der Waals surface area contributed by atoms with Crippen LogP contribution in [0.5, 0.6) is 0 Å². The molecule has 0 radical (unpaired) electrons. The number of carbonyl (C=O) groups is 2. The van der Waals surface area contributed by atoms with Crippen molar-refractivity contribution in [1.82, 2.24) is 10.3 Å². The minimum absolute atomic E-state index is 0.329. The van der Waals surface area contributed by atoms with Crippen LogP contribution in [0.2, 0.25) is 0 Å². The van der Waals surface area contributed by atoms with Crippen molar-refractivity contribution < 1.29 is 9.59 Å². The van der Waals surface area contributed by atoms with Gasteiger partial charge in [0.05, 0.1) is 0 Å². The lowest BCUT2D eigenvalue weighted by molar-refractivity contribution is -0.123. The Labute approximate surface area is 180 Å². The number of rotatable bonds is 6. The fourth-order valence-corrected chi connectivity index (χ4v) is 3.35. The summed E-state index contributed by atoms with van der Waals surface area (Å²) in [5, 5.41) is 7.80. The van der Waals surface area contributed by atoms with E-state index in [1.165, 1.54) is 6.08 Å². The highest BCUT2D eigenvalue weighted by Crippen LogP contribution is 2.20. The highest BCUT2D eigenvalue weighted by atomic mass is 16.2. The Morgan fingerprint density at radius 3 is 2.32 bits per heavy atom. The maximum atomic E-state index is 12.9. The van der Waals surface area contributed by atoms with Crippen LogP contribution >= 0.6 is 0 Å². The summed E-state index contributed by atoms with van der Waals surface area (Å²) in [4.78, 5) is 29.6. The second kappa shape index (κ2) is 9.50. The monoisotopic (exact) mass is 407 g/mol. The van der Waals surface area contributed by atoms with Crippen LogP contribution in [-0.2, 0) is 9.59 Å². The van der Waals surface area contributed by atoms with Crippen LogP contribution in [-0.4, -0.2) is 16.8 Å². The van der Waals surface area contributed by atoms with Crippen molar-refractivity contribution in [3.8, 4) is 0 Å². The van der Waals surface area contributed by atoms with Crippen molar-refractivity contribution >= 4 is 34.4 Å². The first kappa shape index (κ1) is 20.0. The molecule has 0 aliphatic rings. The van der Waals surface area contributed by atoms with Crippen LogP contribution in [0.3, 0.4) is 0 Å². The number of hydrogen-bond acceptors (Lipinski definition) is 3. The summed E-state index contributed by atoms with van der Waals surface area (Å²) in [6, 6.07) is 25.6. The van der Waals surface area contributed by atoms with Crippen LogP contribution in [0.25, 0.3) is 16.8 Å². The van der Waals surface area contributed by atoms with E-state index in [1.54, 1.807) is 30.6 Å². The van der Waals surface area contributed by atoms with E-state index in [4.69, 9.17) is 0 Å². The molecule has 1 heterocycles. The number of carbonyl (C=O) groups excluding carboxylic acids is 2. The molecule has 0 fully saturated rings. The fraction of sp³-hybridized carbons (Fsp3) is 0.0385. The minimum atomic E-state index is -0.834. The van der Waals surface area contributed by atoms with Gasteiger partial charge in [0.1, 0.15) is 6.04 Å². The normalized spacial score (nSPS) is 11.9. The molecular weight excluding hydrogens is 386 g/mol. The van der Waals surface area contributed by atoms with Gasteiger partial charge >= 0.3 is 0 Å². The summed E-state index contributed by atoms with van der Waals surface area (Å²) >= 11 is 0. The van der Waals surface area contributed by atoms with Crippen molar-refractivity contribution in [1.29, 1.82) is 0 Å². The zero-order valence-electron chi connectivity index (χ0n) is 16.7. The lowest BCUT2D eigenvalue weighted by atomic mass is 10.0. The van der Waals surface area contributed by atoms with Crippen molar-refractivity contribution in [3.05, 3.63) is 115 Å². The van der Waals surface area contributed by atoms with Gasteiger partial charge in [-0.1, -0.05) is 72.8 Å². The maximum Gasteiger partial charge on any atom is 0.251 e. The molecule has 4 rings (SSSR count). The molecule has 31 heavy (non-hydrogen) atoms. The number of nitrogens with one attached hydrogen (secondary N) is 2. The predicted molar refractivity (Wildman–Crippen MR) is 123 cm³/mol. The van der Waals surface area contributed by atoms with E-state index in [9.17, 15) is 9.59 Å². The van der Waals surface area contributed by atoms with E-state index in [-0.39, 0.29) is 11.8 Å². The Morgan fingerprint density at radius 1 is 0.806 bits per heavy atom. The van der Waals surface area contributed by atoms with Gasteiger partial charge in [-0.25, -0.2) is 0 Å². The zero-order chi connectivity index (χ0) is 21.5. The number of pyridine rings is 1. The van der Waals surface area contributed by atoms with Crippen molar-refractivity contribution in [2.75, 3.05) is 5.32 Å². The minimum Gasteiger partial charge on any atom is -0.337 e. The first-order valence-electron chi connectivity index (χ1n) is 9.93. The summed E-state index contributed by atoms with van der Waals surface area (Å²) < 4.78 is 0. The fourth-order valence-electron chi connectivity index (χ4n) is 3.35. The number of anilines is 1. The lowest BCUT2D eigenvalue weighted by Crippen LogP contribution is -2.36. The molecule has 0 saturated carbocycles. The van der Waals surface area contributed by atoms with Gasteiger partial charge in [-0.2, -0.15) is 0 Å². The Hall–Kier alpha value is -4.25. The van der Waals surface area contributed by atoms with E-state index in [1.807, 2.05) is 72.8 Å². The zero-order valence-corrected chi connectivity index (χ0v) is 16.7. The SMILES string of the molecule is O=C(/C=C/c1cccc2ccccc12)NC(C(=O)Nc1ccncc1)c1ccccc1. The molecule has 4 aromatic rings. The average Bonchev–Trinajstić information content (AvgIpc) is 2.82. The van der Waals surface area contributed by atoms with Crippen molar-refractivity contribution in [2.24, 2.45) is 0 Å². The smallest absolute Gasteiger partial charge is 0.251 e. The Bertz CT molecular complexity index is 1220. The molecule has 3 aromatic carbocycles. The first-order valence-corrected chi connectivity index (χ1v) is 9.93. The third-order valence-corrected chi connectivity index (χ3v) is 4.87. The molecule has 2 N–H and O–H groups in total. The van der Waals surface area contributed by atoms with Gasteiger partial charge < -0.3 is 10.6 Å². The highest BCUT2D eigenvalue weighted by Gasteiger charge is 2.22. The second-order valence-corrected chi connectivity index (χ2v) is 6.98. The Balaban J connectivity index is 1.54. The average molecular weight is 407 g/mol. The molecular formula is C26H21N3O2. The third kappa shape index (κ3) is 5.03. The van der Waals surface area contributed by atoms with E-state index in [2.05, 4.69) is 15.6 Å². The van der Waals surface area contributed by atoms with Crippen LogP contribution in [0.4, 0.5) is 5.69 Å². The number of nitrogens with zero attached hydrogens (tertiary/aromatic N) is 1. The van der Waals surface area contributed by atoms with Crippen LogP contribution in [0.1, 0.15) is 17.2 Å². The summed E-state index contributed by atoms with van der Waals surface area (Å²) in [5.74, 6) is -0.684. The topological polar surface area (TPSA) is 71.1 Å². The number of benzene rings is 3. The Kier molecular flexibility index (Phi) is 6.14. The first-order chi connectivity index (χ1) is 15.2. The van der Waals surface area contributed by atoms with Gasteiger partial charge in [0.25, 0.3) is 5.91 Å². The number of hydrogen-bond donors (Lipinski definition) is 2. The van der Waals surface area contributed by atoms with Crippen molar-refractivity contribution in [3.63, 3.8) is 0 Å². The largest absolute Gasteiger partial charge is 0.337 e. The Morgan fingerprint density at radius 2 is 1.52 bits per heavy atom. The molecule has 152 valence electrons. The van der Waals surface area contributed by atoms with Crippen LogP contribution < -0.4 is 10.6 Å².